The molecule has 1 heterocycles. The summed E-state index contributed by atoms with van der Waals surface area (Å²) < 4.78 is 5.45. The molecule has 3 rings (SSSR count). The zero-order valence-corrected chi connectivity index (χ0v) is 11.9. The van der Waals surface area contributed by atoms with Crippen molar-refractivity contribution >= 4 is 23.0 Å². The number of hydrogen-bond acceptors (Lipinski definition) is 4. The zero-order valence-electron chi connectivity index (χ0n) is 11.1. The number of nitro groups is 1. The van der Waals surface area contributed by atoms with E-state index in [0.717, 1.165) is 24.5 Å². The van der Waals surface area contributed by atoms with Crippen molar-refractivity contribution < 1.29 is 9.66 Å². The maximum Gasteiger partial charge on any atom is 0.269 e. The van der Waals surface area contributed by atoms with Gasteiger partial charge in [0.15, 0.2) is 0 Å². The molecule has 0 spiro atoms. The summed E-state index contributed by atoms with van der Waals surface area (Å²) in [6.45, 7) is 1.15. The number of non-ortho nitro benzene ring substituents is 1. The third-order valence-electron chi connectivity index (χ3n) is 3.41. The number of nitro benzene ring substituents is 1. The first kappa shape index (κ1) is 13.7. The van der Waals surface area contributed by atoms with Gasteiger partial charge in [0, 0.05) is 35.8 Å². The molecule has 1 aliphatic heterocycles. The molecule has 0 fully saturated rings. The summed E-state index contributed by atoms with van der Waals surface area (Å²) >= 11 is 6.08. The lowest BCUT2D eigenvalue weighted by molar-refractivity contribution is -0.384. The van der Waals surface area contributed by atoms with Gasteiger partial charge in [0.25, 0.3) is 5.69 Å². The maximum absolute atomic E-state index is 10.8. The third-order valence-corrected chi connectivity index (χ3v) is 3.78. The van der Waals surface area contributed by atoms with Crippen molar-refractivity contribution in [1.82, 2.24) is 0 Å². The molecule has 21 heavy (non-hydrogen) atoms. The lowest BCUT2D eigenvalue weighted by Crippen LogP contribution is -2.01. The molecule has 0 bridgehead atoms. The highest BCUT2D eigenvalue weighted by Gasteiger charge is 2.13. The number of fused-ring (bicyclic) bond motifs is 1. The van der Waals surface area contributed by atoms with Crippen molar-refractivity contribution in [3.8, 4) is 5.75 Å². The Kier molecular flexibility index (Phi) is 3.66. The van der Waals surface area contributed by atoms with Crippen LogP contribution >= 0.6 is 11.6 Å². The number of benzene rings is 2. The first-order valence-electron chi connectivity index (χ1n) is 6.56. The number of nitrogens with one attached hydrogen (secondary N) is 1. The minimum absolute atomic E-state index is 0.0403. The third kappa shape index (κ3) is 2.92. The van der Waals surface area contributed by atoms with Crippen LogP contribution in [0.15, 0.2) is 36.4 Å². The van der Waals surface area contributed by atoms with E-state index in [4.69, 9.17) is 16.3 Å². The van der Waals surface area contributed by atoms with Gasteiger partial charge in [-0.1, -0.05) is 11.6 Å². The van der Waals surface area contributed by atoms with Gasteiger partial charge < -0.3 is 10.1 Å². The van der Waals surface area contributed by atoms with Crippen molar-refractivity contribution in [2.24, 2.45) is 0 Å². The molecular weight excluding hydrogens is 292 g/mol. The standard InChI is InChI=1S/C15H13ClN2O3/c16-14-3-2-13(18(19)20)8-11(14)9-17-12-1-4-15-10(7-12)5-6-21-15/h1-4,7-8,17H,5-6,9H2. The van der Waals surface area contributed by atoms with Crippen LogP contribution in [0.2, 0.25) is 5.02 Å². The van der Waals surface area contributed by atoms with E-state index < -0.39 is 4.92 Å². The maximum atomic E-state index is 10.8. The fourth-order valence-electron chi connectivity index (χ4n) is 2.30. The predicted molar refractivity (Wildman–Crippen MR) is 81.1 cm³/mol. The van der Waals surface area contributed by atoms with Gasteiger partial charge in [-0.15, -0.1) is 0 Å². The molecule has 6 heteroatoms. The molecule has 1 N–H and O–H groups in total. The summed E-state index contributed by atoms with van der Waals surface area (Å²) in [5, 5.41) is 14.5. The van der Waals surface area contributed by atoms with E-state index in [0.29, 0.717) is 17.1 Å². The van der Waals surface area contributed by atoms with Gasteiger partial charge >= 0.3 is 0 Å². The highest BCUT2D eigenvalue weighted by atomic mass is 35.5. The Bertz CT molecular complexity index is 703. The number of halogens is 1. The predicted octanol–water partition coefficient (Wildman–Crippen LogP) is 3.80. The highest BCUT2D eigenvalue weighted by molar-refractivity contribution is 6.31. The minimum atomic E-state index is -0.424. The summed E-state index contributed by atoms with van der Waals surface area (Å²) in [5.41, 5.74) is 2.85. The molecule has 0 aromatic heterocycles. The Balaban J connectivity index is 1.75. The van der Waals surface area contributed by atoms with E-state index in [9.17, 15) is 10.1 Å². The largest absolute Gasteiger partial charge is 0.493 e. The summed E-state index contributed by atoms with van der Waals surface area (Å²) in [7, 11) is 0. The van der Waals surface area contributed by atoms with Crippen LogP contribution < -0.4 is 10.1 Å². The lowest BCUT2D eigenvalue weighted by Gasteiger charge is -2.09. The Morgan fingerprint density at radius 2 is 2.14 bits per heavy atom. The average Bonchev–Trinajstić information content (AvgIpc) is 2.93. The van der Waals surface area contributed by atoms with Gasteiger partial charge in [0.1, 0.15) is 5.75 Å². The Morgan fingerprint density at radius 3 is 2.95 bits per heavy atom. The number of anilines is 1. The lowest BCUT2D eigenvalue weighted by atomic mass is 10.1. The molecule has 0 saturated carbocycles. The molecule has 0 unspecified atom stereocenters. The summed E-state index contributed by atoms with van der Waals surface area (Å²) in [4.78, 5) is 10.4. The van der Waals surface area contributed by atoms with Crippen LogP contribution in [0.4, 0.5) is 11.4 Å². The van der Waals surface area contributed by atoms with E-state index in [-0.39, 0.29) is 5.69 Å². The van der Waals surface area contributed by atoms with E-state index in [1.165, 1.54) is 17.7 Å². The second-order valence-electron chi connectivity index (χ2n) is 4.81. The van der Waals surface area contributed by atoms with E-state index in [1.54, 1.807) is 6.07 Å². The van der Waals surface area contributed by atoms with Crippen LogP contribution in [0.3, 0.4) is 0 Å². The average molecular weight is 305 g/mol. The molecule has 0 atom stereocenters. The fourth-order valence-corrected chi connectivity index (χ4v) is 2.49. The Labute approximate surface area is 126 Å². The van der Waals surface area contributed by atoms with Crippen LogP contribution in [0.5, 0.6) is 5.75 Å². The topological polar surface area (TPSA) is 64.4 Å². The van der Waals surface area contributed by atoms with Crippen molar-refractivity contribution in [1.29, 1.82) is 0 Å². The van der Waals surface area contributed by atoms with E-state index in [2.05, 4.69) is 5.32 Å². The van der Waals surface area contributed by atoms with Crippen molar-refractivity contribution in [2.75, 3.05) is 11.9 Å². The van der Waals surface area contributed by atoms with Crippen molar-refractivity contribution in [3.63, 3.8) is 0 Å². The van der Waals surface area contributed by atoms with E-state index >= 15 is 0 Å². The molecule has 0 saturated heterocycles. The molecule has 2 aromatic rings. The number of nitrogens with zero attached hydrogens (tertiary/aromatic N) is 1. The number of rotatable bonds is 4. The van der Waals surface area contributed by atoms with Gasteiger partial charge in [-0.05, 0) is 35.4 Å². The quantitative estimate of drug-likeness (QED) is 0.689. The second-order valence-corrected chi connectivity index (χ2v) is 5.21. The first-order valence-corrected chi connectivity index (χ1v) is 6.94. The van der Waals surface area contributed by atoms with Gasteiger partial charge in [-0.2, -0.15) is 0 Å². The molecule has 5 nitrogen and oxygen atoms in total. The first-order chi connectivity index (χ1) is 10.1. The van der Waals surface area contributed by atoms with Crippen LogP contribution in [0, 0.1) is 10.1 Å². The highest BCUT2D eigenvalue weighted by Crippen LogP contribution is 2.29. The molecule has 0 radical (unpaired) electrons. The van der Waals surface area contributed by atoms with Gasteiger partial charge in [0.05, 0.1) is 11.5 Å². The fraction of sp³-hybridized carbons (Fsp3) is 0.200. The van der Waals surface area contributed by atoms with Crippen LogP contribution in [-0.4, -0.2) is 11.5 Å². The van der Waals surface area contributed by atoms with Crippen LogP contribution in [-0.2, 0) is 13.0 Å². The number of ether oxygens (including phenoxy) is 1. The molecular formula is C15H13ClN2O3. The zero-order chi connectivity index (χ0) is 14.8. The molecule has 1 aliphatic rings. The van der Waals surface area contributed by atoms with Gasteiger partial charge in [-0.3, -0.25) is 10.1 Å². The summed E-state index contributed by atoms with van der Waals surface area (Å²) in [6.07, 6.45) is 0.905. The number of hydrogen-bond donors (Lipinski definition) is 1. The molecule has 0 amide bonds. The summed E-state index contributed by atoms with van der Waals surface area (Å²) in [5.74, 6) is 0.925. The molecule has 0 aliphatic carbocycles. The summed E-state index contributed by atoms with van der Waals surface area (Å²) in [6, 6.07) is 10.3. The van der Waals surface area contributed by atoms with E-state index in [1.807, 2.05) is 18.2 Å². The normalized spacial score (nSPS) is 12.6. The SMILES string of the molecule is O=[N+]([O-])c1ccc(Cl)c(CNc2ccc3c(c2)CCO3)c1. The minimum Gasteiger partial charge on any atom is -0.493 e. The Hall–Kier alpha value is -2.27. The van der Waals surface area contributed by atoms with Gasteiger partial charge in [0.2, 0.25) is 0 Å². The molecule has 108 valence electrons. The molecule has 2 aromatic carbocycles. The van der Waals surface area contributed by atoms with Gasteiger partial charge in [-0.25, -0.2) is 0 Å². The van der Waals surface area contributed by atoms with Crippen LogP contribution in [0.1, 0.15) is 11.1 Å². The smallest absolute Gasteiger partial charge is 0.269 e. The second kappa shape index (κ2) is 5.61. The Morgan fingerprint density at radius 1 is 1.29 bits per heavy atom. The monoisotopic (exact) mass is 304 g/mol. The van der Waals surface area contributed by atoms with Crippen molar-refractivity contribution in [2.45, 2.75) is 13.0 Å². The van der Waals surface area contributed by atoms with Crippen LogP contribution in [0.25, 0.3) is 0 Å². The van der Waals surface area contributed by atoms with Crippen molar-refractivity contribution in [3.05, 3.63) is 62.7 Å².